The molecule has 0 saturated carbocycles. The van der Waals surface area contributed by atoms with Crippen molar-refractivity contribution in [1.29, 1.82) is 0 Å². The molecule has 0 amide bonds. The normalized spacial score (nSPS) is 11.1. The third-order valence-corrected chi connectivity index (χ3v) is 1.79. The van der Waals surface area contributed by atoms with Crippen LogP contribution in [0.2, 0.25) is 0 Å². The lowest BCUT2D eigenvalue weighted by molar-refractivity contribution is -0.424. The van der Waals surface area contributed by atoms with Crippen LogP contribution in [0.4, 0.5) is 5.69 Å². The second-order valence-electron chi connectivity index (χ2n) is 3.05. The third-order valence-electron chi connectivity index (χ3n) is 1.79. The molecule has 0 atom stereocenters. The van der Waals surface area contributed by atoms with Crippen molar-refractivity contribution in [2.75, 3.05) is 5.32 Å². The van der Waals surface area contributed by atoms with Crippen molar-refractivity contribution in [2.24, 2.45) is 0 Å². The van der Waals surface area contributed by atoms with Gasteiger partial charge in [-0.15, -0.1) is 0 Å². The zero-order chi connectivity index (χ0) is 10.6. The van der Waals surface area contributed by atoms with E-state index in [1.54, 1.807) is 0 Å². The first kappa shape index (κ1) is 10.2. The maximum Gasteiger partial charge on any atom is 0.258 e. The fraction of sp³-hybridized carbons (Fsp3) is 0.200. The lowest BCUT2D eigenvalue weighted by Crippen LogP contribution is -1.97. The van der Waals surface area contributed by atoms with E-state index in [1.165, 1.54) is 13.1 Å². The molecule has 1 rings (SSSR count). The quantitative estimate of drug-likeness (QED) is 0.591. The molecule has 0 unspecified atom stereocenters. The molecule has 0 heterocycles. The standard InChI is InChI=1S/C10H12N2O2/c1-8-3-5-10(6-4-8)11-7-9(2)12(13)14/h3-7,11H,1-2H3/b9-7+. The second kappa shape index (κ2) is 4.41. The summed E-state index contributed by atoms with van der Waals surface area (Å²) in [5.41, 5.74) is 2.09. The highest BCUT2D eigenvalue weighted by atomic mass is 16.6. The van der Waals surface area contributed by atoms with Gasteiger partial charge in [0.25, 0.3) is 5.70 Å². The van der Waals surface area contributed by atoms with Crippen LogP contribution in [0.25, 0.3) is 0 Å². The minimum atomic E-state index is -0.429. The Kier molecular flexibility index (Phi) is 3.23. The van der Waals surface area contributed by atoms with Crippen LogP contribution in [0.5, 0.6) is 0 Å². The Bertz CT molecular complexity index is 355. The number of rotatable bonds is 3. The summed E-state index contributed by atoms with van der Waals surface area (Å²) >= 11 is 0. The lowest BCUT2D eigenvalue weighted by atomic mass is 10.2. The predicted molar refractivity (Wildman–Crippen MR) is 55.6 cm³/mol. The van der Waals surface area contributed by atoms with E-state index >= 15 is 0 Å². The highest BCUT2D eigenvalue weighted by Gasteiger charge is 1.99. The third kappa shape index (κ3) is 2.90. The molecule has 1 N–H and O–H groups in total. The van der Waals surface area contributed by atoms with Crippen molar-refractivity contribution in [3.63, 3.8) is 0 Å². The van der Waals surface area contributed by atoms with E-state index in [0.717, 1.165) is 11.3 Å². The summed E-state index contributed by atoms with van der Waals surface area (Å²) in [5.74, 6) is 0. The average molecular weight is 192 g/mol. The molecular weight excluding hydrogens is 180 g/mol. The van der Waals surface area contributed by atoms with E-state index in [2.05, 4.69) is 5.32 Å². The summed E-state index contributed by atoms with van der Waals surface area (Å²) in [6.45, 7) is 3.43. The molecular formula is C10H12N2O2. The van der Waals surface area contributed by atoms with Crippen molar-refractivity contribution < 1.29 is 4.92 Å². The smallest absolute Gasteiger partial charge is 0.258 e. The van der Waals surface area contributed by atoms with Gasteiger partial charge in [0.1, 0.15) is 0 Å². The Morgan fingerprint density at radius 3 is 2.50 bits per heavy atom. The average Bonchev–Trinajstić information content (AvgIpc) is 2.16. The molecule has 0 aliphatic heterocycles. The van der Waals surface area contributed by atoms with Gasteiger partial charge in [-0.1, -0.05) is 17.7 Å². The Morgan fingerprint density at radius 1 is 1.43 bits per heavy atom. The van der Waals surface area contributed by atoms with Gasteiger partial charge in [-0.3, -0.25) is 10.1 Å². The molecule has 1 aromatic rings. The number of nitrogens with zero attached hydrogens (tertiary/aromatic N) is 1. The van der Waals surface area contributed by atoms with E-state index in [4.69, 9.17) is 0 Å². The second-order valence-corrected chi connectivity index (χ2v) is 3.05. The number of nitro groups is 1. The molecule has 74 valence electrons. The van der Waals surface area contributed by atoms with E-state index in [-0.39, 0.29) is 5.70 Å². The zero-order valence-electron chi connectivity index (χ0n) is 8.15. The lowest BCUT2D eigenvalue weighted by Gasteiger charge is -2.00. The molecule has 1 aromatic carbocycles. The van der Waals surface area contributed by atoms with Crippen molar-refractivity contribution in [3.8, 4) is 0 Å². The molecule has 0 bridgehead atoms. The molecule has 0 aliphatic carbocycles. The summed E-state index contributed by atoms with van der Waals surface area (Å²) in [5, 5.41) is 13.1. The Morgan fingerprint density at radius 2 is 2.00 bits per heavy atom. The van der Waals surface area contributed by atoms with Crippen LogP contribution in [-0.2, 0) is 0 Å². The number of hydrogen-bond donors (Lipinski definition) is 1. The topological polar surface area (TPSA) is 55.2 Å². The number of nitrogens with one attached hydrogen (secondary N) is 1. The molecule has 0 saturated heterocycles. The molecule has 0 spiro atoms. The Balaban J connectivity index is 2.66. The van der Waals surface area contributed by atoms with Crippen molar-refractivity contribution in [3.05, 3.63) is 51.8 Å². The summed E-state index contributed by atoms with van der Waals surface area (Å²) in [6.07, 6.45) is 1.38. The van der Waals surface area contributed by atoms with Gasteiger partial charge in [-0.25, -0.2) is 0 Å². The van der Waals surface area contributed by atoms with Crippen LogP contribution in [-0.4, -0.2) is 4.92 Å². The summed E-state index contributed by atoms with van der Waals surface area (Å²) in [7, 11) is 0. The van der Waals surface area contributed by atoms with Crippen LogP contribution < -0.4 is 5.32 Å². The Hall–Kier alpha value is -1.84. The molecule has 14 heavy (non-hydrogen) atoms. The van der Waals surface area contributed by atoms with E-state index in [0.29, 0.717) is 0 Å². The monoisotopic (exact) mass is 192 g/mol. The maximum absolute atomic E-state index is 10.3. The Labute approximate surface area is 82.4 Å². The van der Waals surface area contributed by atoms with E-state index in [1.807, 2.05) is 31.2 Å². The summed E-state index contributed by atoms with van der Waals surface area (Å²) in [4.78, 5) is 9.84. The number of benzene rings is 1. The molecule has 0 aromatic heterocycles. The predicted octanol–water partition coefficient (Wildman–Crippen LogP) is 2.54. The minimum Gasteiger partial charge on any atom is -0.356 e. The largest absolute Gasteiger partial charge is 0.356 e. The highest BCUT2D eigenvalue weighted by molar-refractivity contribution is 5.46. The zero-order valence-corrected chi connectivity index (χ0v) is 8.15. The van der Waals surface area contributed by atoms with Crippen LogP contribution in [0.15, 0.2) is 36.2 Å². The van der Waals surface area contributed by atoms with Gasteiger partial charge in [0, 0.05) is 12.6 Å². The van der Waals surface area contributed by atoms with Crippen LogP contribution >= 0.6 is 0 Å². The number of aryl methyl sites for hydroxylation is 1. The van der Waals surface area contributed by atoms with Gasteiger partial charge < -0.3 is 5.32 Å². The van der Waals surface area contributed by atoms with Crippen molar-refractivity contribution >= 4 is 5.69 Å². The molecule has 4 heteroatoms. The highest BCUT2D eigenvalue weighted by Crippen LogP contribution is 2.08. The van der Waals surface area contributed by atoms with Crippen molar-refractivity contribution in [1.82, 2.24) is 0 Å². The maximum atomic E-state index is 10.3. The van der Waals surface area contributed by atoms with Gasteiger partial charge >= 0.3 is 0 Å². The number of allylic oxidation sites excluding steroid dienone is 1. The fourth-order valence-corrected chi connectivity index (χ4v) is 0.890. The first-order valence-electron chi connectivity index (χ1n) is 4.24. The van der Waals surface area contributed by atoms with Gasteiger partial charge in [-0.05, 0) is 19.1 Å². The molecule has 0 radical (unpaired) electrons. The summed E-state index contributed by atoms with van der Waals surface area (Å²) < 4.78 is 0. The SMILES string of the molecule is C/C(=C\Nc1ccc(C)cc1)[N+](=O)[O-]. The van der Waals surface area contributed by atoms with Crippen molar-refractivity contribution in [2.45, 2.75) is 13.8 Å². The van der Waals surface area contributed by atoms with E-state index < -0.39 is 4.92 Å². The number of anilines is 1. The molecule has 0 aliphatic rings. The molecule has 4 nitrogen and oxygen atoms in total. The van der Waals surface area contributed by atoms with E-state index in [9.17, 15) is 10.1 Å². The minimum absolute atomic E-state index is 0.0885. The van der Waals surface area contributed by atoms with Gasteiger partial charge in [0.2, 0.25) is 0 Å². The van der Waals surface area contributed by atoms with Crippen LogP contribution in [0.3, 0.4) is 0 Å². The molecule has 0 fully saturated rings. The van der Waals surface area contributed by atoms with Gasteiger partial charge in [0.05, 0.1) is 11.1 Å². The number of hydrogen-bond acceptors (Lipinski definition) is 3. The summed E-state index contributed by atoms with van der Waals surface area (Å²) in [6, 6.07) is 7.63. The van der Waals surface area contributed by atoms with Gasteiger partial charge in [0.15, 0.2) is 0 Å². The van der Waals surface area contributed by atoms with Crippen LogP contribution in [0, 0.1) is 17.0 Å². The first-order chi connectivity index (χ1) is 6.59. The first-order valence-corrected chi connectivity index (χ1v) is 4.24. The van der Waals surface area contributed by atoms with Gasteiger partial charge in [-0.2, -0.15) is 0 Å². The fourth-order valence-electron chi connectivity index (χ4n) is 0.890. The van der Waals surface area contributed by atoms with Crippen LogP contribution in [0.1, 0.15) is 12.5 Å².